The summed E-state index contributed by atoms with van der Waals surface area (Å²) in [5.41, 5.74) is 0. The molecule has 0 saturated carbocycles. The number of carboxylic acid groups (broad SMARTS) is 1. The zero-order valence-corrected chi connectivity index (χ0v) is 7.52. The highest BCUT2D eigenvalue weighted by Crippen LogP contribution is 2.29. The molecule has 0 aliphatic carbocycles. The molecule has 60 valence electrons. The van der Waals surface area contributed by atoms with Crippen LogP contribution in [0, 0.1) is 0 Å². The summed E-state index contributed by atoms with van der Waals surface area (Å²) < 4.78 is 16.7. The van der Waals surface area contributed by atoms with E-state index in [1.807, 2.05) is 0 Å². The lowest BCUT2D eigenvalue weighted by molar-refractivity contribution is -0.142. The van der Waals surface area contributed by atoms with E-state index >= 15 is 0 Å². The molecule has 1 atom stereocenters. The van der Waals surface area contributed by atoms with Gasteiger partial charge in [0.2, 0.25) is 6.17 Å². The molecule has 1 heterocycles. The number of carbonyl (C=O) groups is 1. The first kappa shape index (κ1) is 8.61. The minimum absolute atomic E-state index is 0.0949. The second-order valence-electron chi connectivity index (χ2n) is 1.74. The topological polar surface area (TPSA) is 50.2 Å². The van der Waals surface area contributed by atoms with Gasteiger partial charge in [0.15, 0.2) is 0 Å². The Labute approximate surface area is 74.2 Å². The van der Waals surface area contributed by atoms with E-state index in [-0.39, 0.29) is 4.88 Å². The molecule has 0 aromatic carbocycles. The summed E-state index contributed by atoms with van der Waals surface area (Å²) in [6.07, 6.45) is -0.605. The lowest BCUT2D eigenvalue weighted by Crippen LogP contribution is -2.04. The Hall–Kier alpha value is -0.490. The number of hydrogen-bond acceptors (Lipinski definition) is 3. The van der Waals surface area contributed by atoms with Crippen LogP contribution in [0.3, 0.4) is 0 Å². The van der Waals surface area contributed by atoms with Crippen molar-refractivity contribution in [3.63, 3.8) is 0 Å². The van der Waals surface area contributed by atoms with E-state index in [9.17, 15) is 9.18 Å². The summed E-state index contributed by atoms with van der Waals surface area (Å²) in [6, 6.07) is 0. The van der Waals surface area contributed by atoms with Gasteiger partial charge in [-0.05, 0) is 27.5 Å². The lowest BCUT2D eigenvalue weighted by Gasteiger charge is -1.97. The van der Waals surface area contributed by atoms with E-state index in [4.69, 9.17) is 5.11 Å². The number of nitrogens with zero attached hydrogens (tertiary/aromatic N) is 1. The van der Waals surface area contributed by atoms with E-state index in [1.54, 1.807) is 0 Å². The lowest BCUT2D eigenvalue weighted by atomic mass is 10.3. The molecular weight excluding hydrogens is 237 g/mol. The van der Waals surface area contributed by atoms with Crippen molar-refractivity contribution in [1.29, 1.82) is 0 Å². The van der Waals surface area contributed by atoms with E-state index in [1.165, 1.54) is 6.20 Å². The van der Waals surface area contributed by atoms with Crippen LogP contribution in [0.1, 0.15) is 11.0 Å². The number of aromatic nitrogens is 1. The van der Waals surface area contributed by atoms with Crippen LogP contribution in [-0.4, -0.2) is 15.4 Å². The van der Waals surface area contributed by atoms with Gasteiger partial charge in [0.25, 0.3) is 0 Å². The minimum Gasteiger partial charge on any atom is -0.479 e. The Morgan fingerprint density at radius 2 is 2.55 bits per heavy atom. The van der Waals surface area contributed by atoms with Crippen LogP contribution < -0.4 is 0 Å². The minimum atomic E-state index is -1.98. The molecule has 0 spiro atoms. The molecule has 1 aromatic heterocycles. The van der Waals surface area contributed by atoms with Crippen molar-refractivity contribution in [2.24, 2.45) is 0 Å². The molecule has 1 aromatic rings. The summed E-state index contributed by atoms with van der Waals surface area (Å²) in [4.78, 5) is 10.2. The molecule has 1 N–H and O–H groups in total. The highest BCUT2D eigenvalue weighted by molar-refractivity contribution is 9.10. The van der Waals surface area contributed by atoms with Gasteiger partial charge in [-0.2, -0.15) is 4.37 Å². The molecule has 0 aliphatic rings. The standard InChI is InChI=1S/C5H3BrFNO2S/c6-2-1-8-11-4(2)3(7)5(9)10/h1,3H,(H,9,10). The normalized spacial score (nSPS) is 12.9. The van der Waals surface area contributed by atoms with Crippen molar-refractivity contribution in [3.8, 4) is 0 Å². The zero-order chi connectivity index (χ0) is 8.43. The molecule has 0 aliphatic heterocycles. The van der Waals surface area contributed by atoms with Gasteiger partial charge in [0.1, 0.15) is 0 Å². The van der Waals surface area contributed by atoms with Gasteiger partial charge in [0.05, 0.1) is 15.5 Å². The summed E-state index contributed by atoms with van der Waals surface area (Å²) in [6.45, 7) is 0. The number of rotatable bonds is 2. The average Bonchev–Trinajstić information content (AvgIpc) is 2.33. The second-order valence-corrected chi connectivity index (χ2v) is 3.43. The number of carboxylic acids is 1. The van der Waals surface area contributed by atoms with Crippen LogP contribution >= 0.6 is 27.5 Å². The molecule has 11 heavy (non-hydrogen) atoms. The first-order chi connectivity index (χ1) is 5.13. The van der Waals surface area contributed by atoms with Gasteiger partial charge in [-0.3, -0.25) is 0 Å². The quantitative estimate of drug-likeness (QED) is 0.859. The van der Waals surface area contributed by atoms with Crippen molar-refractivity contribution < 1.29 is 14.3 Å². The summed E-state index contributed by atoms with van der Waals surface area (Å²) in [7, 11) is 0. The highest BCUT2D eigenvalue weighted by atomic mass is 79.9. The predicted molar refractivity (Wildman–Crippen MR) is 41.3 cm³/mol. The highest BCUT2D eigenvalue weighted by Gasteiger charge is 2.22. The smallest absolute Gasteiger partial charge is 0.343 e. The molecular formula is C5H3BrFNO2S. The number of alkyl halides is 1. The average molecular weight is 240 g/mol. The Morgan fingerprint density at radius 1 is 1.91 bits per heavy atom. The summed E-state index contributed by atoms with van der Waals surface area (Å²) in [5, 5.41) is 8.26. The van der Waals surface area contributed by atoms with E-state index < -0.39 is 12.1 Å². The third-order valence-corrected chi connectivity index (χ3v) is 2.73. The summed E-state index contributed by atoms with van der Waals surface area (Å²) in [5.74, 6) is -1.49. The van der Waals surface area contributed by atoms with Crippen LogP contribution in [0.2, 0.25) is 0 Å². The van der Waals surface area contributed by atoms with Crippen molar-refractivity contribution in [1.82, 2.24) is 4.37 Å². The molecule has 6 heteroatoms. The van der Waals surface area contributed by atoms with Crippen molar-refractivity contribution in [2.75, 3.05) is 0 Å². The largest absolute Gasteiger partial charge is 0.479 e. The van der Waals surface area contributed by atoms with Crippen LogP contribution in [0.25, 0.3) is 0 Å². The maximum absolute atomic E-state index is 12.7. The monoisotopic (exact) mass is 239 g/mol. The molecule has 0 radical (unpaired) electrons. The Balaban J connectivity index is 2.92. The maximum atomic E-state index is 12.7. The van der Waals surface area contributed by atoms with Gasteiger partial charge in [-0.25, -0.2) is 9.18 Å². The first-order valence-corrected chi connectivity index (χ1v) is 4.16. The molecule has 0 bridgehead atoms. The van der Waals surface area contributed by atoms with Crippen molar-refractivity contribution >= 4 is 33.4 Å². The third kappa shape index (κ3) is 1.75. The van der Waals surface area contributed by atoms with Gasteiger partial charge in [0, 0.05) is 0 Å². The zero-order valence-electron chi connectivity index (χ0n) is 5.12. The number of halogens is 2. The Kier molecular flexibility index (Phi) is 2.56. The third-order valence-electron chi connectivity index (χ3n) is 0.999. The Morgan fingerprint density at radius 3 is 2.91 bits per heavy atom. The van der Waals surface area contributed by atoms with Gasteiger partial charge < -0.3 is 5.11 Å². The Bertz CT molecular complexity index is 277. The van der Waals surface area contributed by atoms with Gasteiger partial charge in [-0.1, -0.05) is 0 Å². The van der Waals surface area contributed by atoms with Crippen molar-refractivity contribution in [2.45, 2.75) is 6.17 Å². The molecule has 1 unspecified atom stereocenters. The molecule has 1 rings (SSSR count). The molecule has 3 nitrogen and oxygen atoms in total. The van der Waals surface area contributed by atoms with Crippen molar-refractivity contribution in [3.05, 3.63) is 15.5 Å². The SMILES string of the molecule is O=C(O)C(F)c1sncc1Br. The summed E-state index contributed by atoms with van der Waals surface area (Å²) >= 11 is 3.81. The molecule has 0 amide bonds. The maximum Gasteiger partial charge on any atom is 0.343 e. The fourth-order valence-corrected chi connectivity index (χ4v) is 1.78. The van der Waals surface area contributed by atoms with E-state index in [0.717, 1.165) is 11.5 Å². The van der Waals surface area contributed by atoms with Gasteiger partial charge >= 0.3 is 5.97 Å². The van der Waals surface area contributed by atoms with Crippen LogP contribution in [-0.2, 0) is 4.79 Å². The second kappa shape index (κ2) is 3.27. The van der Waals surface area contributed by atoms with Crippen LogP contribution in [0.4, 0.5) is 4.39 Å². The molecule has 0 fully saturated rings. The first-order valence-electron chi connectivity index (χ1n) is 2.60. The fraction of sp³-hybridized carbons (Fsp3) is 0.200. The van der Waals surface area contributed by atoms with Crippen LogP contribution in [0.5, 0.6) is 0 Å². The predicted octanol–water partition coefficient (Wildman–Crippen LogP) is 2.00. The number of aliphatic carboxylic acids is 1. The van der Waals surface area contributed by atoms with Crippen LogP contribution in [0.15, 0.2) is 10.7 Å². The fourth-order valence-electron chi connectivity index (χ4n) is 0.516. The van der Waals surface area contributed by atoms with Gasteiger partial charge in [-0.15, -0.1) is 0 Å². The van der Waals surface area contributed by atoms with E-state index in [2.05, 4.69) is 20.3 Å². The number of hydrogen-bond donors (Lipinski definition) is 1. The van der Waals surface area contributed by atoms with E-state index in [0.29, 0.717) is 4.47 Å². The molecule has 0 saturated heterocycles.